The van der Waals surface area contributed by atoms with Crippen molar-refractivity contribution in [2.45, 2.75) is 33.7 Å². The monoisotopic (exact) mass is 303 g/mol. The van der Waals surface area contributed by atoms with Crippen molar-refractivity contribution < 1.29 is 9.47 Å². The Bertz CT molecular complexity index is 588. The predicted octanol–water partition coefficient (Wildman–Crippen LogP) is 3.41. The number of rotatable bonds is 7. The van der Waals surface area contributed by atoms with Crippen LogP contribution < -0.4 is 4.74 Å². The highest BCUT2D eigenvalue weighted by atomic mass is 16.5. The molecule has 2 aromatic rings. The van der Waals surface area contributed by atoms with Crippen LogP contribution >= 0.6 is 0 Å². The van der Waals surface area contributed by atoms with Crippen molar-refractivity contribution in [3.05, 3.63) is 30.5 Å². The van der Waals surface area contributed by atoms with Gasteiger partial charge in [-0.3, -0.25) is 0 Å². The minimum Gasteiger partial charge on any atom is -0.496 e. The fourth-order valence-corrected chi connectivity index (χ4v) is 2.12. The molecule has 0 unspecified atom stereocenters. The lowest BCUT2D eigenvalue weighted by atomic mass is 9.93. The van der Waals surface area contributed by atoms with Gasteiger partial charge in [0.2, 0.25) is 0 Å². The zero-order chi connectivity index (χ0) is 16.0. The van der Waals surface area contributed by atoms with Gasteiger partial charge in [0, 0.05) is 12.2 Å². The van der Waals surface area contributed by atoms with E-state index < -0.39 is 0 Å². The van der Waals surface area contributed by atoms with E-state index in [0.29, 0.717) is 18.6 Å². The van der Waals surface area contributed by atoms with E-state index in [9.17, 15) is 0 Å². The molecule has 0 bridgehead atoms. The van der Waals surface area contributed by atoms with Crippen LogP contribution in [0.1, 0.15) is 27.2 Å². The van der Waals surface area contributed by atoms with Crippen LogP contribution in [0.15, 0.2) is 30.5 Å². The summed E-state index contributed by atoms with van der Waals surface area (Å²) in [7, 11) is 1.67. The van der Waals surface area contributed by atoms with Crippen molar-refractivity contribution in [2.24, 2.45) is 5.41 Å². The molecule has 0 spiro atoms. The molecule has 0 aliphatic carbocycles. The largest absolute Gasteiger partial charge is 0.496 e. The number of benzene rings is 1. The van der Waals surface area contributed by atoms with Crippen molar-refractivity contribution in [1.29, 1.82) is 0 Å². The van der Waals surface area contributed by atoms with Gasteiger partial charge in [-0.05, 0) is 24.0 Å². The molecular formula is C17H25N3O2. The number of ether oxygens (including phenoxy) is 2. The van der Waals surface area contributed by atoms with Crippen LogP contribution in [0.3, 0.4) is 0 Å². The van der Waals surface area contributed by atoms with Gasteiger partial charge in [0.1, 0.15) is 5.75 Å². The Morgan fingerprint density at radius 1 is 1.14 bits per heavy atom. The Labute approximate surface area is 132 Å². The molecule has 120 valence electrons. The van der Waals surface area contributed by atoms with Gasteiger partial charge in [-0.25, -0.2) is 4.68 Å². The molecule has 0 atom stereocenters. The van der Waals surface area contributed by atoms with Crippen LogP contribution in [0, 0.1) is 5.41 Å². The van der Waals surface area contributed by atoms with Crippen LogP contribution in [-0.2, 0) is 11.3 Å². The molecule has 0 aliphatic rings. The van der Waals surface area contributed by atoms with E-state index in [1.165, 1.54) is 0 Å². The minimum atomic E-state index is 0.301. The standard InChI is InChI=1S/C17H25N3O2/c1-17(2,3)9-11-22-12-10-20-15(13-18-19-20)14-7-5-6-8-16(14)21-4/h5-8,13H,9-12H2,1-4H3. The molecule has 1 aromatic heterocycles. The number of para-hydroxylation sites is 1. The molecule has 5 nitrogen and oxygen atoms in total. The van der Waals surface area contributed by atoms with Crippen LogP contribution in [0.25, 0.3) is 11.3 Å². The van der Waals surface area contributed by atoms with Crippen LogP contribution in [0.4, 0.5) is 0 Å². The fourth-order valence-electron chi connectivity index (χ4n) is 2.12. The maximum absolute atomic E-state index is 5.71. The maximum atomic E-state index is 5.71. The van der Waals surface area contributed by atoms with Crippen molar-refractivity contribution in [3.8, 4) is 17.0 Å². The Hall–Kier alpha value is -1.88. The zero-order valence-corrected chi connectivity index (χ0v) is 13.9. The third-order valence-corrected chi connectivity index (χ3v) is 3.44. The first kappa shape index (κ1) is 16.5. The Morgan fingerprint density at radius 3 is 2.64 bits per heavy atom. The highest BCUT2D eigenvalue weighted by Crippen LogP contribution is 2.28. The van der Waals surface area contributed by atoms with Crippen LogP contribution in [-0.4, -0.2) is 35.3 Å². The molecule has 2 rings (SSSR count). The molecule has 0 N–H and O–H groups in total. The Morgan fingerprint density at radius 2 is 1.91 bits per heavy atom. The second kappa shape index (κ2) is 7.40. The lowest BCUT2D eigenvalue weighted by Crippen LogP contribution is -2.13. The van der Waals surface area contributed by atoms with E-state index in [4.69, 9.17) is 9.47 Å². The summed E-state index contributed by atoms with van der Waals surface area (Å²) in [6.07, 6.45) is 2.80. The quantitative estimate of drug-likeness (QED) is 0.736. The molecule has 5 heteroatoms. The molecular weight excluding hydrogens is 278 g/mol. The molecule has 22 heavy (non-hydrogen) atoms. The van der Waals surface area contributed by atoms with E-state index >= 15 is 0 Å². The number of nitrogens with zero attached hydrogens (tertiary/aromatic N) is 3. The SMILES string of the molecule is COc1ccccc1-c1cnnn1CCOCCC(C)(C)C. The third-order valence-electron chi connectivity index (χ3n) is 3.44. The zero-order valence-electron chi connectivity index (χ0n) is 13.9. The summed E-state index contributed by atoms with van der Waals surface area (Å²) in [5.41, 5.74) is 2.23. The van der Waals surface area contributed by atoms with Gasteiger partial charge in [-0.1, -0.05) is 38.1 Å². The summed E-state index contributed by atoms with van der Waals surface area (Å²) in [6, 6.07) is 7.88. The average Bonchev–Trinajstić information content (AvgIpc) is 2.94. The molecule has 0 saturated heterocycles. The Kier molecular flexibility index (Phi) is 5.55. The Balaban J connectivity index is 1.96. The smallest absolute Gasteiger partial charge is 0.128 e. The lowest BCUT2D eigenvalue weighted by Gasteiger charge is -2.17. The average molecular weight is 303 g/mol. The van der Waals surface area contributed by atoms with Crippen molar-refractivity contribution in [3.63, 3.8) is 0 Å². The molecule has 1 heterocycles. The molecule has 0 aliphatic heterocycles. The van der Waals surface area contributed by atoms with E-state index in [1.807, 2.05) is 28.9 Å². The summed E-state index contributed by atoms with van der Waals surface area (Å²) in [6.45, 7) is 8.72. The molecule has 0 saturated carbocycles. The second-order valence-corrected chi connectivity index (χ2v) is 6.47. The van der Waals surface area contributed by atoms with Gasteiger partial charge in [-0.2, -0.15) is 0 Å². The lowest BCUT2D eigenvalue weighted by molar-refractivity contribution is 0.0998. The summed E-state index contributed by atoms with van der Waals surface area (Å²) in [5.74, 6) is 0.819. The van der Waals surface area contributed by atoms with E-state index in [0.717, 1.165) is 30.0 Å². The molecule has 0 radical (unpaired) electrons. The van der Waals surface area contributed by atoms with Gasteiger partial charge in [0.15, 0.2) is 0 Å². The number of hydrogen-bond acceptors (Lipinski definition) is 4. The second-order valence-electron chi connectivity index (χ2n) is 6.47. The first-order chi connectivity index (χ1) is 10.5. The summed E-state index contributed by atoms with van der Waals surface area (Å²) in [4.78, 5) is 0. The van der Waals surface area contributed by atoms with Crippen molar-refractivity contribution >= 4 is 0 Å². The fraction of sp³-hybridized carbons (Fsp3) is 0.529. The molecule has 1 aromatic carbocycles. The molecule has 0 amide bonds. The maximum Gasteiger partial charge on any atom is 0.128 e. The van der Waals surface area contributed by atoms with Crippen LogP contribution in [0.2, 0.25) is 0 Å². The van der Waals surface area contributed by atoms with E-state index in [-0.39, 0.29) is 0 Å². The van der Waals surface area contributed by atoms with E-state index in [2.05, 4.69) is 31.1 Å². The first-order valence-electron chi connectivity index (χ1n) is 7.61. The predicted molar refractivity (Wildman–Crippen MR) is 86.9 cm³/mol. The normalized spacial score (nSPS) is 11.6. The molecule has 0 fully saturated rings. The summed E-state index contributed by atoms with van der Waals surface area (Å²) in [5, 5.41) is 8.16. The number of aromatic nitrogens is 3. The highest BCUT2D eigenvalue weighted by Gasteiger charge is 2.12. The van der Waals surface area contributed by atoms with Gasteiger partial charge in [0.25, 0.3) is 0 Å². The van der Waals surface area contributed by atoms with Crippen LogP contribution in [0.5, 0.6) is 5.75 Å². The first-order valence-corrected chi connectivity index (χ1v) is 7.61. The van der Waals surface area contributed by atoms with Gasteiger partial charge in [-0.15, -0.1) is 5.10 Å². The third kappa shape index (κ3) is 4.56. The van der Waals surface area contributed by atoms with Gasteiger partial charge >= 0.3 is 0 Å². The van der Waals surface area contributed by atoms with Gasteiger partial charge < -0.3 is 9.47 Å². The summed E-state index contributed by atoms with van der Waals surface area (Å²) >= 11 is 0. The van der Waals surface area contributed by atoms with Crippen molar-refractivity contribution in [1.82, 2.24) is 15.0 Å². The number of hydrogen-bond donors (Lipinski definition) is 0. The topological polar surface area (TPSA) is 49.2 Å². The highest BCUT2D eigenvalue weighted by molar-refractivity contribution is 5.66. The van der Waals surface area contributed by atoms with Crippen molar-refractivity contribution in [2.75, 3.05) is 20.3 Å². The van der Waals surface area contributed by atoms with E-state index in [1.54, 1.807) is 13.3 Å². The summed E-state index contributed by atoms with van der Waals surface area (Å²) < 4.78 is 13.0. The minimum absolute atomic E-state index is 0.301. The number of methoxy groups -OCH3 is 1. The van der Waals surface area contributed by atoms with Gasteiger partial charge in [0.05, 0.1) is 32.2 Å².